The highest BCUT2D eigenvalue weighted by Crippen LogP contribution is 2.47. The Kier molecular flexibility index (Phi) is 3.23. The first-order valence-corrected chi connectivity index (χ1v) is 6.96. The van der Waals surface area contributed by atoms with E-state index in [2.05, 4.69) is 4.90 Å². The van der Waals surface area contributed by atoms with E-state index in [-0.39, 0.29) is 11.4 Å². The second kappa shape index (κ2) is 4.76. The number of rotatable bonds is 5. The molecule has 104 valence electrons. The normalized spacial score (nSPS) is 21.3. The predicted octanol–water partition coefficient (Wildman–Crippen LogP) is 1.94. The fourth-order valence-electron chi connectivity index (χ4n) is 3.44. The summed E-state index contributed by atoms with van der Waals surface area (Å²) in [6.45, 7) is 2.08. The highest BCUT2D eigenvalue weighted by Gasteiger charge is 2.50. The van der Waals surface area contributed by atoms with Crippen LogP contribution in [-0.2, 0) is 11.2 Å². The molecular weight excluding hydrogens is 243 g/mol. The van der Waals surface area contributed by atoms with Gasteiger partial charge in [-0.3, -0.25) is 0 Å². The molecule has 0 spiro atoms. The zero-order valence-electron chi connectivity index (χ0n) is 11.4. The summed E-state index contributed by atoms with van der Waals surface area (Å²) in [5.41, 5.74) is 8.16. The van der Waals surface area contributed by atoms with Crippen LogP contribution in [0.2, 0.25) is 0 Å². The molecule has 1 saturated carbocycles. The van der Waals surface area contributed by atoms with Crippen molar-refractivity contribution in [2.75, 3.05) is 31.7 Å². The molecule has 1 aromatic rings. The fourth-order valence-corrected chi connectivity index (χ4v) is 3.44. The lowest BCUT2D eigenvalue weighted by molar-refractivity contribution is 0.118. The monoisotopic (exact) mass is 264 g/mol. The van der Waals surface area contributed by atoms with E-state index in [1.807, 2.05) is 6.07 Å². The van der Waals surface area contributed by atoms with Crippen molar-refractivity contribution in [3.8, 4) is 0 Å². The quantitative estimate of drug-likeness (QED) is 0.883. The molecule has 2 aliphatic rings. The number of anilines is 1. The Morgan fingerprint density at radius 3 is 2.89 bits per heavy atom. The third kappa shape index (κ3) is 2.03. The van der Waals surface area contributed by atoms with Gasteiger partial charge in [0.05, 0.1) is 12.1 Å². The van der Waals surface area contributed by atoms with Gasteiger partial charge in [0.25, 0.3) is 0 Å². The van der Waals surface area contributed by atoms with Crippen molar-refractivity contribution >= 4 is 5.69 Å². The zero-order valence-corrected chi connectivity index (χ0v) is 11.4. The Morgan fingerprint density at radius 2 is 2.26 bits per heavy atom. The van der Waals surface area contributed by atoms with Crippen molar-refractivity contribution in [3.05, 3.63) is 29.6 Å². The summed E-state index contributed by atoms with van der Waals surface area (Å²) in [5, 5.41) is 0. The van der Waals surface area contributed by atoms with E-state index in [1.54, 1.807) is 19.2 Å². The molecule has 1 heterocycles. The minimum absolute atomic E-state index is 0.159. The Labute approximate surface area is 113 Å². The van der Waals surface area contributed by atoms with Crippen LogP contribution >= 0.6 is 0 Å². The maximum atomic E-state index is 13.5. The molecular formula is C15H21FN2O. The summed E-state index contributed by atoms with van der Waals surface area (Å²) in [7, 11) is 1.72. The van der Waals surface area contributed by atoms with Gasteiger partial charge >= 0.3 is 0 Å². The van der Waals surface area contributed by atoms with Gasteiger partial charge in [-0.1, -0.05) is 6.07 Å². The molecule has 0 amide bonds. The van der Waals surface area contributed by atoms with Crippen LogP contribution < -0.4 is 10.6 Å². The van der Waals surface area contributed by atoms with Gasteiger partial charge in [0.1, 0.15) is 5.82 Å². The summed E-state index contributed by atoms with van der Waals surface area (Å²) < 4.78 is 19.0. The van der Waals surface area contributed by atoms with Crippen molar-refractivity contribution < 1.29 is 9.13 Å². The van der Waals surface area contributed by atoms with Crippen molar-refractivity contribution in [2.45, 2.75) is 24.8 Å². The van der Waals surface area contributed by atoms with Gasteiger partial charge in [0, 0.05) is 25.9 Å². The molecule has 3 nitrogen and oxygen atoms in total. The van der Waals surface area contributed by atoms with Gasteiger partial charge < -0.3 is 15.4 Å². The number of ether oxygens (including phenoxy) is 1. The molecule has 4 heteroatoms. The van der Waals surface area contributed by atoms with Crippen LogP contribution in [0.3, 0.4) is 0 Å². The maximum Gasteiger partial charge on any atom is 0.125 e. The lowest BCUT2D eigenvalue weighted by Gasteiger charge is -2.43. The van der Waals surface area contributed by atoms with E-state index in [0.29, 0.717) is 19.1 Å². The predicted molar refractivity (Wildman–Crippen MR) is 73.8 cm³/mol. The lowest BCUT2D eigenvalue weighted by atomic mass is 9.91. The largest absolute Gasteiger partial charge is 0.382 e. The van der Waals surface area contributed by atoms with E-state index in [1.165, 1.54) is 18.4 Å². The summed E-state index contributed by atoms with van der Waals surface area (Å²) in [6.07, 6.45) is 3.36. The van der Waals surface area contributed by atoms with Crippen molar-refractivity contribution in [1.29, 1.82) is 0 Å². The van der Waals surface area contributed by atoms with Crippen molar-refractivity contribution in [1.82, 2.24) is 0 Å². The van der Waals surface area contributed by atoms with Crippen LogP contribution in [0.4, 0.5) is 10.1 Å². The van der Waals surface area contributed by atoms with Gasteiger partial charge in [-0.15, -0.1) is 0 Å². The van der Waals surface area contributed by atoms with Crippen molar-refractivity contribution in [3.63, 3.8) is 0 Å². The molecule has 1 atom stereocenters. The SMILES string of the molecule is COCC(CN)(C1CC1)N1CCc2ccc(F)cc21. The van der Waals surface area contributed by atoms with Crippen LogP contribution in [0.1, 0.15) is 18.4 Å². The fraction of sp³-hybridized carbons (Fsp3) is 0.600. The Bertz CT molecular complexity index is 475. The first-order chi connectivity index (χ1) is 9.21. The van der Waals surface area contributed by atoms with Crippen molar-refractivity contribution in [2.24, 2.45) is 11.7 Å². The molecule has 1 unspecified atom stereocenters. The molecule has 3 rings (SSSR count). The zero-order chi connectivity index (χ0) is 13.5. The number of fused-ring (bicyclic) bond motifs is 1. The number of halogens is 1. The topological polar surface area (TPSA) is 38.5 Å². The number of nitrogens with zero attached hydrogens (tertiary/aromatic N) is 1. The first-order valence-electron chi connectivity index (χ1n) is 6.96. The molecule has 0 bridgehead atoms. The lowest BCUT2D eigenvalue weighted by Crippen LogP contribution is -2.58. The molecule has 1 aromatic carbocycles. The number of nitrogens with two attached hydrogens (primary N) is 1. The molecule has 1 aliphatic heterocycles. The van der Waals surface area contributed by atoms with Crippen LogP contribution in [0.25, 0.3) is 0 Å². The highest BCUT2D eigenvalue weighted by molar-refractivity contribution is 5.61. The number of methoxy groups -OCH3 is 1. The molecule has 1 aliphatic carbocycles. The van der Waals surface area contributed by atoms with Gasteiger partial charge in [-0.05, 0) is 42.9 Å². The van der Waals surface area contributed by atoms with Crippen LogP contribution in [0.5, 0.6) is 0 Å². The van der Waals surface area contributed by atoms with Gasteiger partial charge in [0.15, 0.2) is 0 Å². The Balaban J connectivity index is 1.99. The minimum atomic E-state index is -0.176. The Morgan fingerprint density at radius 1 is 1.47 bits per heavy atom. The molecule has 2 N–H and O–H groups in total. The molecule has 0 saturated heterocycles. The third-order valence-electron chi connectivity index (χ3n) is 4.57. The van der Waals surface area contributed by atoms with Crippen LogP contribution in [0, 0.1) is 11.7 Å². The van der Waals surface area contributed by atoms with E-state index in [9.17, 15) is 4.39 Å². The van der Waals surface area contributed by atoms with Crippen LogP contribution in [0.15, 0.2) is 18.2 Å². The number of benzene rings is 1. The van der Waals surface area contributed by atoms with Crippen LogP contribution in [-0.4, -0.2) is 32.3 Å². The molecule has 0 aromatic heterocycles. The van der Waals surface area contributed by atoms with E-state index in [4.69, 9.17) is 10.5 Å². The van der Waals surface area contributed by atoms with E-state index < -0.39 is 0 Å². The highest BCUT2D eigenvalue weighted by atomic mass is 19.1. The first kappa shape index (κ1) is 12.9. The summed E-state index contributed by atoms with van der Waals surface area (Å²) >= 11 is 0. The van der Waals surface area contributed by atoms with Gasteiger partial charge in [-0.2, -0.15) is 0 Å². The molecule has 0 radical (unpaired) electrons. The smallest absolute Gasteiger partial charge is 0.125 e. The maximum absolute atomic E-state index is 13.5. The Hall–Kier alpha value is -1.13. The second-order valence-corrected chi connectivity index (χ2v) is 5.69. The average Bonchev–Trinajstić information content (AvgIpc) is 3.18. The summed E-state index contributed by atoms with van der Waals surface area (Å²) in [5.74, 6) is 0.399. The van der Waals surface area contributed by atoms with E-state index >= 15 is 0 Å². The average molecular weight is 264 g/mol. The number of hydrogen-bond acceptors (Lipinski definition) is 3. The van der Waals surface area contributed by atoms with E-state index in [0.717, 1.165) is 18.7 Å². The van der Waals surface area contributed by atoms with Gasteiger partial charge in [0.2, 0.25) is 0 Å². The third-order valence-corrected chi connectivity index (χ3v) is 4.57. The standard InChI is InChI=1S/C15H21FN2O/c1-19-10-15(9-17,12-3-4-12)18-7-6-11-2-5-13(16)8-14(11)18/h2,5,8,12H,3-4,6-7,9-10,17H2,1H3. The summed E-state index contributed by atoms with van der Waals surface area (Å²) in [6, 6.07) is 5.08. The minimum Gasteiger partial charge on any atom is -0.382 e. The number of hydrogen-bond donors (Lipinski definition) is 1. The molecule has 19 heavy (non-hydrogen) atoms. The second-order valence-electron chi connectivity index (χ2n) is 5.69. The summed E-state index contributed by atoms with van der Waals surface area (Å²) in [4.78, 5) is 2.30. The molecule has 1 fully saturated rings. The van der Waals surface area contributed by atoms with Gasteiger partial charge in [-0.25, -0.2) is 4.39 Å².